The zero-order chi connectivity index (χ0) is 14.1. The average molecular weight is 291 g/mol. The molecule has 0 aromatic carbocycles. The molecular formula is C14H17N3O2S. The van der Waals surface area contributed by atoms with Crippen molar-refractivity contribution in [1.82, 2.24) is 14.9 Å². The van der Waals surface area contributed by atoms with Crippen LogP contribution in [0.3, 0.4) is 0 Å². The third-order valence-electron chi connectivity index (χ3n) is 3.62. The summed E-state index contributed by atoms with van der Waals surface area (Å²) in [5.41, 5.74) is 1.14. The quantitative estimate of drug-likeness (QED) is 0.783. The van der Waals surface area contributed by atoms with Gasteiger partial charge in [-0.2, -0.15) is 5.06 Å². The fourth-order valence-electron chi connectivity index (χ4n) is 2.79. The smallest absolute Gasteiger partial charge is 0.313 e. The molecule has 1 saturated heterocycles. The number of hydroxylamine groups is 2. The van der Waals surface area contributed by atoms with E-state index in [0.717, 1.165) is 17.0 Å². The van der Waals surface area contributed by atoms with Crippen LogP contribution in [0.15, 0.2) is 30.3 Å². The molecule has 0 spiro atoms. The number of carbonyl (C=O) groups is 1. The van der Waals surface area contributed by atoms with Gasteiger partial charge in [0.1, 0.15) is 5.01 Å². The Morgan fingerprint density at radius 3 is 3.15 bits per heavy atom. The maximum Gasteiger partial charge on any atom is 0.345 e. The van der Waals surface area contributed by atoms with Gasteiger partial charge in [0.05, 0.1) is 18.7 Å². The number of amides is 2. The molecule has 3 heterocycles. The van der Waals surface area contributed by atoms with Crippen LogP contribution in [0, 0.1) is 0 Å². The number of rotatable bonds is 5. The minimum Gasteiger partial charge on any atom is -0.313 e. The van der Waals surface area contributed by atoms with Crippen LogP contribution in [0.4, 0.5) is 4.79 Å². The van der Waals surface area contributed by atoms with Gasteiger partial charge in [-0.25, -0.2) is 9.78 Å². The lowest BCUT2D eigenvalue weighted by Gasteiger charge is -2.30. The third kappa shape index (κ3) is 2.05. The van der Waals surface area contributed by atoms with E-state index in [2.05, 4.69) is 24.6 Å². The molecule has 2 bridgehead atoms. The maximum absolute atomic E-state index is 12.4. The molecule has 0 unspecified atom stereocenters. The number of nitrogens with zero attached hydrogens (tertiary/aromatic N) is 3. The summed E-state index contributed by atoms with van der Waals surface area (Å²) in [4.78, 5) is 24.2. The molecule has 5 nitrogen and oxygen atoms in total. The second-order valence-corrected chi connectivity index (χ2v) is 5.69. The Kier molecular flexibility index (Phi) is 3.58. The number of carbonyl (C=O) groups excluding carboxylic acids is 1. The lowest BCUT2D eigenvalue weighted by Crippen LogP contribution is -2.39. The molecule has 2 aliphatic rings. The number of hydrogen-bond acceptors (Lipinski definition) is 4. The van der Waals surface area contributed by atoms with E-state index in [9.17, 15) is 4.79 Å². The van der Waals surface area contributed by atoms with E-state index in [1.165, 1.54) is 5.06 Å². The van der Waals surface area contributed by atoms with Crippen LogP contribution in [0.5, 0.6) is 0 Å². The number of aromatic nitrogens is 1. The standard InChI is InChI=1S/C14H17N3O2S/c1-3-6-19-17-10-8-11(13-15-5-7-20-13)12(4-2)16(9-10)14(17)18/h3,5,7-8,10,12H,1,4,6,9H2,2H3/t10-,12-/m1/s1. The van der Waals surface area contributed by atoms with Crippen molar-refractivity contribution in [3.63, 3.8) is 0 Å². The number of thiazole rings is 1. The van der Waals surface area contributed by atoms with Crippen LogP contribution in [-0.2, 0) is 4.84 Å². The fraction of sp³-hybridized carbons (Fsp3) is 0.429. The molecule has 0 radical (unpaired) electrons. The van der Waals surface area contributed by atoms with Crippen molar-refractivity contribution < 1.29 is 9.63 Å². The molecule has 1 aromatic rings. The minimum absolute atomic E-state index is 0.0378. The van der Waals surface area contributed by atoms with Crippen molar-refractivity contribution in [2.45, 2.75) is 25.4 Å². The summed E-state index contributed by atoms with van der Waals surface area (Å²) < 4.78 is 0. The predicted octanol–water partition coefficient (Wildman–Crippen LogP) is 2.54. The van der Waals surface area contributed by atoms with Crippen molar-refractivity contribution in [2.24, 2.45) is 0 Å². The number of urea groups is 1. The summed E-state index contributed by atoms with van der Waals surface area (Å²) in [6.07, 6.45) is 6.44. The molecule has 2 amide bonds. The summed E-state index contributed by atoms with van der Waals surface area (Å²) in [5, 5.41) is 4.41. The van der Waals surface area contributed by atoms with Crippen molar-refractivity contribution in [3.8, 4) is 0 Å². The van der Waals surface area contributed by atoms with Crippen LogP contribution >= 0.6 is 11.3 Å². The van der Waals surface area contributed by atoms with E-state index < -0.39 is 0 Å². The van der Waals surface area contributed by atoms with E-state index in [1.807, 2.05) is 10.3 Å². The van der Waals surface area contributed by atoms with Crippen LogP contribution in [-0.4, -0.2) is 46.2 Å². The van der Waals surface area contributed by atoms with Crippen LogP contribution in [0.1, 0.15) is 18.4 Å². The SMILES string of the molecule is C=CCON1C(=O)N2C[C@H]1C=C(c1nccs1)[C@H]2CC. The normalized spacial score (nSPS) is 25.1. The lowest BCUT2D eigenvalue weighted by atomic mass is 9.97. The zero-order valence-corrected chi connectivity index (χ0v) is 12.2. The van der Waals surface area contributed by atoms with Gasteiger partial charge in [-0.05, 0) is 12.5 Å². The molecule has 1 aromatic heterocycles. The van der Waals surface area contributed by atoms with Crippen molar-refractivity contribution in [2.75, 3.05) is 13.2 Å². The molecule has 0 saturated carbocycles. The molecule has 0 aliphatic carbocycles. The summed E-state index contributed by atoms with van der Waals surface area (Å²) in [6, 6.07) is -0.0158. The van der Waals surface area contributed by atoms with Gasteiger partial charge in [-0.15, -0.1) is 17.9 Å². The monoisotopic (exact) mass is 291 g/mol. The third-order valence-corrected chi connectivity index (χ3v) is 4.45. The highest BCUT2D eigenvalue weighted by Gasteiger charge is 2.45. The summed E-state index contributed by atoms with van der Waals surface area (Å²) in [6.45, 7) is 6.73. The van der Waals surface area contributed by atoms with Gasteiger partial charge in [0.15, 0.2) is 0 Å². The Morgan fingerprint density at radius 1 is 1.65 bits per heavy atom. The van der Waals surface area contributed by atoms with Gasteiger partial charge in [0.25, 0.3) is 0 Å². The zero-order valence-electron chi connectivity index (χ0n) is 11.4. The summed E-state index contributed by atoms with van der Waals surface area (Å²) >= 11 is 1.61. The second kappa shape index (κ2) is 5.38. The average Bonchev–Trinajstić information content (AvgIpc) is 3.07. The Labute approximate surface area is 122 Å². The highest BCUT2D eigenvalue weighted by molar-refractivity contribution is 7.10. The van der Waals surface area contributed by atoms with Crippen molar-refractivity contribution >= 4 is 22.9 Å². The Morgan fingerprint density at radius 2 is 2.50 bits per heavy atom. The molecule has 3 rings (SSSR count). The topological polar surface area (TPSA) is 45.7 Å². The van der Waals surface area contributed by atoms with Gasteiger partial charge < -0.3 is 4.90 Å². The summed E-state index contributed by atoms with van der Waals surface area (Å²) in [7, 11) is 0. The van der Waals surface area contributed by atoms with Crippen LogP contribution in [0.2, 0.25) is 0 Å². The predicted molar refractivity (Wildman–Crippen MR) is 78.0 cm³/mol. The molecule has 1 fully saturated rings. The first-order valence-electron chi connectivity index (χ1n) is 6.71. The first kappa shape index (κ1) is 13.3. The van der Waals surface area contributed by atoms with E-state index >= 15 is 0 Å². The van der Waals surface area contributed by atoms with Gasteiger partial charge >= 0.3 is 6.03 Å². The fourth-order valence-corrected chi connectivity index (χ4v) is 3.51. The van der Waals surface area contributed by atoms with E-state index in [1.54, 1.807) is 23.6 Å². The first-order valence-corrected chi connectivity index (χ1v) is 7.59. The second-order valence-electron chi connectivity index (χ2n) is 4.80. The number of fused-ring (bicyclic) bond motifs is 2. The molecule has 20 heavy (non-hydrogen) atoms. The molecule has 2 aliphatic heterocycles. The van der Waals surface area contributed by atoms with Gasteiger partial charge in [0, 0.05) is 23.7 Å². The molecule has 6 heteroatoms. The Bertz CT molecular complexity index is 541. The molecular weight excluding hydrogens is 274 g/mol. The van der Waals surface area contributed by atoms with E-state index in [4.69, 9.17) is 4.84 Å². The van der Waals surface area contributed by atoms with E-state index in [-0.39, 0.29) is 18.1 Å². The highest BCUT2D eigenvalue weighted by Crippen LogP contribution is 2.36. The largest absolute Gasteiger partial charge is 0.345 e. The minimum atomic E-state index is -0.0634. The van der Waals surface area contributed by atoms with Crippen LogP contribution in [0.25, 0.3) is 5.57 Å². The molecule has 0 N–H and O–H groups in total. The van der Waals surface area contributed by atoms with Gasteiger partial charge in [0.2, 0.25) is 0 Å². The van der Waals surface area contributed by atoms with E-state index in [0.29, 0.717) is 13.2 Å². The molecule has 2 atom stereocenters. The molecule has 106 valence electrons. The van der Waals surface area contributed by atoms with Crippen molar-refractivity contribution in [3.05, 3.63) is 35.3 Å². The summed E-state index contributed by atoms with van der Waals surface area (Å²) in [5.74, 6) is 0. The first-order chi connectivity index (χ1) is 9.76. The lowest BCUT2D eigenvalue weighted by molar-refractivity contribution is -0.107. The van der Waals surface area contributed by atoms with Gasteiger partial charge in [-0.1, -0.05) is 13.0 Å². The maximum atomic E-state index is 12.4. The van der Waals surface area contributed by atoms with Crippen molar-refractivity contribution in [1.29, 1.82) is 0 Å². The Hall–Kier alpha value is -1.66. The highest BCUT2D eigenvalue weighted by atomic mass is 32.1. The number of hydrogen-bond donors (Lipinski definition) is 0. The Balaban J connectivity index is 1.93. The van der Waals surface area contributed by atoms with Gasteiger partial charge in [-0.3, -0.25) is 4.84 Å². The van der Waals surface area contributed by atoms with Crippen LogP contribution < -0.4 is 0 Å².